The quantitative estimate of drug-likeness (QED) is 0.644. The first-order valence-electron chi connectivity index (χ1n) is 3.36. The van der Waals surface area contributed by atoms with Crippen LogP contribution in [0.3, 0.4) is 0 Å². The summed E-state index contributed by atoms with van der Waals surface area (Å²) in [6.07, 6.45) is 1.92. The number of allylic oxidation sites excluding steroid dienone is 1. The second kappa shape index (κ2) is 3.83. The van der Waals surface area contributed by atoms with Crippen LogP contribution in [-0.4, -0.2) is 36.0 Å². The average molecular weight is 217 g/mol. The topological polar surface area (TPSA) is 27.7 Å². The van der Waals surface area contributed by atoms with E-state index in [-0.39, 0.29) is 0 Å². The molecule has 0 bridgehead atoms. The van der Waals surface area contributed by atoms with Crippen molar-refractivity contribution in [1.29, 1.82) is 0 Å². The Balaban J connectivity index is 2.77. The standard InChI is InChI=1S/C7H12GeO3/c1-9-6-4-5-8(11-3)7(6)10-2/h4-5,8H,1-3H3. The van der Waals surface area contributed by atoms with Crippen LogP contribution >= 0.6 is 0 Å². The molecule has 3 nitrogen and oxygen atoms in total. The molecule has 0 fully saturated rings. The predicted octanol–water partition coefficient (Wildman–Crippen LogP) is 0.509. The van der Waals surface area contributed by atoms with E-state index in [4.69, 9.17) is 13.2 Å². The van der Waals surface area contributed by atoms with Crippen LogP contribution in [0.1, 0.15) is 0 Å². The molecule has 0 aliphatic carbocycles. The molecule has 0 saturated carbocycles. The number of ether oxygens (including phenoxy) is 2. The zero-order chi connectivity index (χ0) is 8.27. The van der Waals surface area contributed by atoms with Crippen molar-refractivity contribution in [3.8, 4) is 0 Å². The van der Waals surface area contributed by atoms with Gasteiger partial charge in [-0.3, -0.25) is 0 Å². The summed E-state index contributed by atoms with van der Waals surface area (Å²) in [6.45, 7) is 0. The van der Waals surface area contributed by atoms with Crippen molar-refractivity contribution in [2.75, 3.05) is 21.3 Å². The second-order valence-corrected chi connectivity index (χ2v) is 6.81. The van der Waals surface area contributed by atoms with Crippen LogP contribution in [0.2, 0.25) is 0 Å². The third kappa shape index (κ3) is 1.60. The summed E-state index contributed by atoms with van der Waals surface area (Å²) in [5, 5.41) is 0. The normalized spacial score (nSPS) is 22.6. The number of methoxy groups -OCH3 is 2. The third-order valence-corrected chi connectivity index (χ3v) is 6.00. The van der Waals surface area contributed by atoms with Gasteiger partial charge in [-0.2, -0.15) is 0 Å². The van der Waals surface area contributed by atoms with E-state index in [0.717, 1.165) is 10.4 Å². The van der Waals surface area contributed by atoms with E-state index in [9.17, 15) is 0 Å². The third-order valence-electron chi connectivity index (χ3n) is 1.62. The molecule has 0 N–H and O–H groups in total. The van der Waals surface area contributed by atoms with E-state index < -0.39 is 14.7 Å². The molecule has 1 unspecified atom stereocenters. The van der Waals surface area contributed by atoms with E-state index in [1.807, 2.05) is 6.08 Å². The minimum absolute atomic E-state index is 0.819. The average Bonchev–Trinajstić information content (AvgIpc) is 2.45. The number of hydrogen-bond donors (Lipinski definition) is 0. The molecular formula is C7H12GeO3. The van der Waals surface area contributed by atoms with Gasteiger partial charge in [0.05, 0.1) is 0 Å². The summed E-state index contributed by atoms with van der Waals surface area (Å²) < 4.78 is 16.5. The van der Waals surface area contributed by atoms with Crippen molar-refractivity contribution in [1.82, 2.24) is 0 Å². The Bertz CT molecular complexity index is 198. The Hall–Kier alpha value is -0.417. The zero-order valence-electron chi connectivity index (χ0n) is 6.96. The van der Waals surface area contributed by atoms with Crippen molar-refractivity contribution in [3.05, 3.63) is 21.3 Å². The van der Waals surface area contributed by atoms with Crippen LogP contribution in [0.15, 0.2) is 21.3 Å². The molecule has 1 rings (SSSR count). The molecule has 0 spiro atoms. The van der Waals surface area contributed by atoms with Gasteiger partial charge < -0.3 is 0 Å². The Morgan fingerprint density at radius 2 is 1.91 bits per heavy atom. The second-order valence-electron chi connectivity index (χ2n) is 2.15. The zero-order valence-corrected chi connectivity index (χ0v) is 9.38. The van der Waals surface area contributed by atoms with Crippen molar-refractivity contribution in [2.45, 2.75) is 0 Å². The monoisotopic (exact) mass is 218 g/mol. The first-order chi connectivity index (χ1) is 5.33. The van der Waals surface area contributed by atoms with Gasteiger partial charge in [0.25, 0.3) is 0 Å². The molecule has 1 aliphatic heterocycles. The van der Waals surface area contributed by atoms with Gasteiger partial charge in [0.15, 0.2) is 0 Å². The van der Waals surface area contributed by atoms with E-state index >= 15 is 0 Å². The van der Waals surface area contributed by atoms with Crippen LogP contribution in [0, 0.1) is 0 Å². The first kappa shape index (κ1) is 8.68. The summed E-state index contributed by atoms with van der Waals surface area (Å²) in [6, 6.07) is 0. The molecule has 1 aliphatic rings. The van der Waals surface area contributed by atoms with Crippen molar-refractivity contribution in [2.24, 2.45) is 0 Å². The van der Waals surface area contributed by atoms with Gasteiger partial charge in [-0.1, -0.05) is 0 Å². The molecule has 0 amide bonds. The maximum absolute atomic E-state index is 5.28. The summed E-state index contributed by atoms with van der Waals surface area (Å²) in [5.74, 6) is 0.819. The molecular weight excluding hydrogens is 205 g/mol. The van der Waals surface area contributed by atoms with Gasteiger partial charge >= 0.3 is 70.6 Å². The van der Waals surface area contributed by atoms with E-state index in [2.05, 4.69) is 4.91 Å². The van der Waals surface area contributed by atoms with Crippen LogP contribution in [-0.2, 0) is 13.2 Å². The molecule has 0 aromatic carbocycles. The fourth-order valence-corrected chi connectivity index (χ4v) is 4.46. The van der Waals surface area contributed by atoms with Crippen molar-refractivity contribution < 1.29 is 13.2 Å². The van der Waals surface area contributed by atoms with Gasteiger partial charge in [-0.15, -0.1) is 0 Å². The van der Waals surface area contributed by atoms with Crippen molar-refractivity contribution in [3.63, 3.8) is 0 Å². The maximum atomic E-state index is 5.28. The molecule has 1 heterocycles. The molecule has 1 atom stereocenters. The van der Waals surface area contributed by atoms with Gasteiger partial charge in [-0.25, -0.2) is 0 Å². The summed E-state index contributed by atoms with van der Waals surface area (Å²) >= 11 is -1.86. The summed E-state index contributed by atoms with van der Waals surface area (Å²) in [4.78, 5) is 2.07. The summed E-state index contributed by atoms with van der Waals surface area (Å²) in [7, 11) is 5.00. The molecule has 0 aromatic rings. The molecule has 4 heteroatoms. The minimum atomic E-state index is -1.86. The number of rotatable bonds is 3. The van der Waals surface area contributed by atoms with E-state index in [1.54, 1.807) is 21.3 Å². The SMILES string of the molecule is COC1=[C](OC)[GeH]([O]C)[CH]=C1. The Morgan fingerprint density at radius 1 is 1.18 bits per heavy atom. The molecule has 0 saturated heterocycles. The predicted molar refractivity (Wildman–Crippen MR) is 44.3 cm³/mol. The Labute approximate surface area is 71.1 Å². The molecule has 11 heavy (non-hydrogen) atoms. The van der Waals surface area contributed by atoms with Crippen LogP contribution in [0.25, 0.3) is 0 Å². The molecule has 62 valence electrons. The number of hydrogen-bond acceptors (Lipinski definition) is 3. The molecule has 0 radical (unpaired) electrons. The van der Waals surface area contributed by atoms with Crippen LogP contribution < -0.4 is 0 Å². The van der Waals surface area contributed by atoms with Gasteiger partial charge in [0, 0.05) is 0 Å². The Kier molecular flexibility index (Phi) is 3.02. The van der Waals surface area contributed by atoms with Gasteiger partial charge in [0.2, 0.25) is 0 Å². The fourth-order valence-electron chi connectivity index (χ4n) is 1.06. The first-order valence-corrected chi connectivity index (χ1v) is 6.96. The summed E-state index contributed by atoms with van der Waals surface area (Å²) in [5.41, 5.74) is 0. The van der Waals surface area contributed by atoms with E-state index in [1.165, 1.54) is 0 Å². The van der Waals surface area contributed by atoms with Gasteiger partial charge in [0.1, 0.15) is 0 Å². The van der Waals surface area contributed by atoms with Crippen LogP contribution in [0.4, 0.5) is 0 Å². The molecule has 0 aromatic heterocycles. The van der Waals surface area contributed by atoms with Gasteiger partial charge in [-0.05, 0) is 0 Å². The fraction of sp³-hybridized carbons (Fsp3) is 0.429. The Morgan fingerprint density at radius 3 is 2.36 bits per heavy atom. The van der Waals surface area contributed by atoms with Crippen LogP contribution in [0.5, 0.6) is 0 Å². The van der Waals surface area contributed by atoms with E-state index in [0.29, 0.717) is 0 Å². The van der Waals surface area contributed by atoms with Crippen molar-refractivity contribution >= 4 is 14.7 Å².